The fourth-order valence-electron chi connectivity index (χ4n) is 5.87. The van der Waals surface area contributed by atoms with Crippen molar-refractivity contribution < 1.29 is 14.3 Å². The molecule has 2 heterocycles. The summed E-state index contributed by atoms with van der Waals surface area (Å²) >= 11 is 6.38. The number of amides is 1. The van der Waals surface area contributed by atoms with Gasteiger partial charge in [-0.15, -0.1) is 0 Å². The van der Waals surface area contributed by atoms with Crippen molar-refractivity contribution in [3.05, 3.63) is 106 Å². The molecule has 1 fully saturated rings. The summed E-state index contributed by atoms with van der Waals surface area (Å²) in [6.45, 7) is 10.4. The van der Waals surface area contributed by atoms with Crippen LogP contribution in [0.15, 0.2) is 66.9 Å². The average molecular weight is 603 g/mol. The Kier molecular flexibility index (Phi) is 8.84. The van der Waals surface area contributed by atoms with Gasteiger partial charge in [0.15, 0.2) is 0 Å². The third-order valence-corrected chi connectivity index (χ3v) is 8.27. The van der Waals surface area contributed by atoms with Crippen LogP contribution in [0.3, 0.4) is 0 Å². The molecule has 1 aliphatic heterocycles. The van der Waals surface area contributed by atoms with E-state index in [0.717, 1.165) is 41.9 Å². The maximum Gasteiger partial charge on any atom is 0.413 e. The molecule has 1 aliphatic rings. The Morgan fingerprint density at radius 2 is 1.84 bits per heavy atom. The minimum Gasteiger partial charge on any atom is -0.465 e. The van der Waals surface area contributed by atoms with E-state index >= 15 is 4.39 Å². The van der Waals surface area contributed by atoms with Crippen LogP contribution in [0.4, 0.5) is 32.3 Å². The summed E-state index contributed by atoms with van der Waals surface area (Å²) in [6.07, 6.45) is 0.298. The van der Waals surface area contributed by atoms with Gasteiger partial charge in [-0.2, -0.15) is 4.98 Å². The molecule has 224 valence electrons. The van der Waals surface area contributed by atoms with Crippen molar-refractivity contribution in [1.29, 1.82) is 0 Å². The van der Waals surface area contributed by atoms with Crippen molar-refractivity contribution in [3.8, 4) is 0 Å². The topological polar surface area (TPSA) is 84.8 Å². The van der Waals surface area contributed by atoms with Crippen LogP contribution in [0.2, 0.25) is 5.02 Å². The van der Waals surface area contributed by atoms with E-state index in [2.05, 4.69) is 39.1 Å². The number of nitrogens with one attached hydrogen (secondary N) is 1. The Labute approximate surface area is 256 Å². The van der Waals surface area contributed by atoms with Gasteiger partial charge in [-0.1, -0.05) is 41.4 Å². The first-order valence-electron chi connectivity index (χ1n) is 14.2. The van der Waals surface area contributed by atoms with E-state index in [0.29, 0.717) is 28.0 Å². The summed E-state index contributed by atoms with van der Waals surface area (Å²) in [7, 11) is 2.07. The second-order valence-corrected chi connectivity index (χ2v) is 11.7. The summed E-state index contributed by atoms with van der Waals surface area (Å²) < 4.78 is 15.3. The van der Waals surface area contributed by atoms with Gasteiger partial charge in [-0.05, 0) is 93.4 Å². The molecular formula is C33H36ClFN6O2. The highest BCUT2D eigenvalue weighted by atomic mass is 35.5. The highest BCUT2D eigenvalue weighted by molar-refractivity contribution is 6.30. The number of likely N-dealkylation sites (N-methyl/N-ethyl adjacent to an activating group) is 1. The Bertz CT molecular complexity index is 1630. The van der Waals surface area contributed by atoms with Gasteiger partial charge in [0, 0.05) is 42.6 Å². The smallest absolute Gasteiger partial charge is 0.413 e. The number of halogens is 2. The predicted octanol–water partition coefficient (Wildman–Crippen LogP) is 7.35. The summed E-state index contributed by atoms with van der Waals surface area (Å²) in [4.78, 5) is 27.4. The molecule has 10 heteroatoms. The molecule has 1 saturated heterocycles. The molecule has 3 aromatic carbocycles. The Balaban J connectivity index is 1.49. The number of carbonyl (C=O) groups is 1. The monoisotopic (exact) mass is 602 g/mol. The van der Waals surface area contributed by atoms with Crippen LogP contribution in [-0.4, -0.2) is 58.8 Å². The van der Waals surface area contributed by atoms with Crippen molar-refractivity contribution in [2.45, 2.75) is 39.8 Å². The van der Waals surface area contributed by atoms with Gasteiger partial charge < -0.3 is 20.2 Å². The van der Waals surface area contributed by atoms with Crippen LogP contribution >= 0.6 is 11.6 Å². The van der Waals surface area contributed by atoms with Crippen molar-refractivity contribution in [2.75, 3.05) is 41.8 Å². The lowest BCUT2D eigenvalue weighted by Crippen LogP contribution is -2.50. The third kappa shape index (κ3) is 6.58. The van der Waals surface area contributed by atoms with Crippen LogP contribution in [0.25, 0.3) is 0 Å². The lowest BCUT2D eigenvalue weighted by Gasteiger charge is -2.39. The molecule has 2 unspecified atom stereocenters. The number of anilines is 4. The zero-order valence-electron chi connectivity index (χ0n) is 25.0. The highest BCUT2D eigenvalue weighted by Gasteiger charge is 2.32. The van der Waals surface area contributed by atoms with E-state index in [1.807, 2.05) is 39.0 Å². The second-order valence-electron chi connectivity index (χ2n) is 11.2. The first kappa shape index (κ1) is 30.3. The molecule has 0 spiro atoms. The van der Waals surface area contributed by atoms with Crippen LogP contribution in [0, 0.1) is 26.6 Å². The largest absolute Gasteiger partial charge is 0.465 e. The van der Waals surface area contributed by atoms with Crippen LogP contribution in [0.1, 0.15) is 40.8 Å². The summed E-state index contributed by atoms with van der Waals surface area (Å²) in [5, 5.41) is 14.1. The van der Waals surface area contributed by atoms with E-state index in [4.69, 9.17) is 11.6 Å². The van der Waals surface area contributed by atoms with Gasteiger partial charge in [-0.25, -0.2) is 19.1 Å². The van der Waals surface area contributed by atoms with E-state index in [9.17, 15) is 9.90 Å². The van der Waals surface area contributed by atoms with Crippen molar-refractivity contribution >= 4 is 40.8 Å². The van der Waals surface area contributed by atoms with E-state index in [1.165, 1.54) is 17.2 Å². The minimum atomic E-state index is -1.19. The van der Waals surface area contributed by atoms with Crippen LogP contribution in [0.5, 0.6) is 0 Å². The molecule has 0 saturated carbocycles. The Hall–Kier alpha value is -4.21. The van der Waals surface area contributed by atoms with Crippen LogP contribution < -0.4 is 15.1 Å². The summed E-state index contributed by atoms with van der Waals surface area (Å²) in [6, 6.07) is 17.3. The molecular weight excluding hydrogens is 567 g/mol. The molecule has 1 amide bonds. The van der Waals surface area contributed by atoms with Crippen molar-refractivity contribution in [2.24, 2.45) is 0 Å². The molecule has 0 radical (unpaired) electrons. The lowest BCUT2D eigenvalue weighted by molar-refractivity contribution is 0.200. The zero-order valence-corrected chi connectivity index (χ0v) is 25.7. The first-order valence-corrected chi connectivity index (χ1v) is 14.6. The molecule has 2 atom stereocenters. The molecule has 2 N–H and O–H groups in total. The number of rotatable bonds is 7. The standard InChI is InChI=1S/C33H36ClFN6O2/c1-20-15-21(2)30(22(3)16-20)31(24-7-6-8-25(34)17-24)41(33(42)43)29-11-12-36-32(38-29)37-26-9-10-28(27(35)18-26)40-14-13-39(5)23(4)19-40/h6-12,15-18,23,31H,13-14,19H2,1-5H3,(H,42,43)(H,36,37,38). The van der Waals surface area contributed by atoms with Gasteiger partial charge in [-0.3, -0.25) is 0 Å². The molecule has 5 rings (SSSR count). The number of hydrogen-bond donors (Lipinski definition) is 2. The van der Waals surface area contributed by atoms with Gasteiger partial charge >= 0.3 is 6.09 Å². The number of benzene rings is 3. The Morgan fingerprint density at radius 3 is 2.49 bits per heavy atom. The minimum absolute atomic E-state index is 0.145. The molecule has 43 heavy (non-hydrogen) atoms. The maximum atomic E-state index is 15.3. The van der Waals surface area contributed by atoms with E-state index < -0.39 is 12.1 Å². The zero-order chi connectivity index (χ0) is 30.8. The molecule has 1 aromatic heterocycles. The first-order chi connectivity index (χ1) is 20.5. The summed E-state index contributed by atoms with van der Waals surface area (Å²) in [5.41, 5.74) is 5.54. The third-order valence-electron chi connectivity index (χ3n) is 8.03. The van der Waals surface area contributed by atoms with E-state index in [1.54, 1.807) is 36.4 Å². The van der Waals surface area contributed by atoms with Crippen molar-refractivity contribution in [3.63, 3.8) is 0 Å². The fourth-order valence-corrected chi connectivity index (χ4v) is 6.06. The number of piperazine rings is 1. The molecule has 0 bridgehead atoms. The molecule has 0 aliphatic carbocycles. The predicted molar refractivity (Wildman–Crippen MR) is 170 cm³/mol. The maximum absolute atomic E-state index is 15.3. The average Bonchev–Trinajstić information content (AvgIpc) is 2.94. The Morgan fingerprint density at radius 1 is 1.09 bits per heavy atom. The van der Waals surface area contributed by atoms with E-state index in [-0.39, 0.29) is 17.6 Å². The second kappa shape index (κ2) is 12.6. The number of carboxylic acid groups (broad SMARTS) is 1. The summed E-state index contributed by atoms with van der Waals surface area (Å²) in [5.74, 6) is -0.0411. The quantitative estimate of drug-likeness (QED) is 0.229. The van der Waals surface area contributed by atoms with Gasteiger partial charge in [0.1, 0.15) is 11.6 Å². The number of hydrogen-bond acceptors (Lipinski definition) is 6. The van der Waals surface area contributed by atoms with Gasteiger partial charge in [0.05, 0.1) is 11.7 Å². The number of nitrogens with zero attached hydrogens (tertiary/aromatic N) is 5. The van der Waals surface area contributed by atoms with Crippen molar-refractivity contribution in [1.82, 2.24) is 14.9 Å². The number of aryl methyl sites for hydroxylation is 3. The fraction of sp³-hybridized carbons (Fsp3) is 0.303. The van der Waals surface area contributed by atoms with Crippen LogP contribution in [-0.2, 0) is 0 Å². The normalized spacial score (nSPS) is 16.2. The number of aromatic nitrogens is 2. The SMILES string of the molecule is Cc1cc(C)c(C(c2cccc(Cl)c2)N(C(=O)O)c2ccnc(Nc3ccc(N4CCN(C)C(C)C4)c(F)c3)n2)c(C)c1. The highest BCUT2D eigenvalue weighted by Crippen LogP contribution is 2.37. The van der Waals surface area contributed by atoms with Gasteiger partial charge in [0.2, 0.25) is 5.95 Å². The molecule has 8 nitrogen and oxygen atoms in total. The van der Waals surface area contributed by atoms with Gasteiger partial charge in [0.25, 0.3) is 0 Å². The molecule has 4 aromatic rings. The lowest BCUT2D eigenvalue weighted by atomic mass is 9.89.